The van der Waals surface area contributed by atoms with Gasteiger partial charge in [-0.05, 0) is 49.2 Å². The van der Waals surface area contributed by atoms with Crippen molar-refractivity contribution in [2.45, 2.75) is 13.3 Å². The van der Waals surface area contributed by atoms with E-state index in [1.165, 1.54) is 6.21 Å². The van der Waals surface area contributed by atoms with E-state index in [1.54, 1.807) is 19.2 Å². The third-order valence-electron chi connectivity index (χ3n) is 3.61. The maximum Gasteiger partial charge on any atom is 0.260 e. The Balaban J connectivity index is 1.71. The van der Waals surface area contributed by atoms with Crippen molar-refractivity contribution in [2.24, 2.45) is 5.16 Å². The monoisotopic (exact) mass is 390 g/mol. The molecule has 144 valence electrons. The normalized spacial score (nSPS) is 10.6. The molecule has 0 radical (unpaired) electrons. The Hall–Kier alpha value is -2.73. The average Bonchev–Trinajstić information content (AvgIpc) is 2.68. The number of methoxy groups -OCH3 is 1. The van der Waals surface area contributed by atoms with Crippen LogP contribution in [0.1, 0.15) is 18.1 Å². The molecule has 0 saturated heterocycles. The molecule has 0 heterocycles. The fraction of sp³-hybridized carbons (Fsp3) is 0.300. The number of ether oxygens (including phenoxy) is 2. The number of benzene rings is 2. The van der Waals surface area contributed by atoms with Crippen molar-refractivity contribution >= 4 is 23.7 Å². The molecule has 0 aromatic heterocycles. The summed E-state index contributed by atoms with van der Waals surface area (Å²) >= 11 is 5.84. The van der Waals surface area contributed by atoms with Crippen molar-refractivity contribution < 1.29 is 19.1 Å². The second kappa shape index (κ2) is 11.1. The highest BCUT2D eigenvalue weighted by Crippen LogP contribution is 2.27. The molecule has 0 aliphatic heterocycles. The first-order valence-electron chi connectivity index (χ1n) is 8.59. The molecule has 2 aromatic carbocycles. The minimum atomic E-state index is -0.231. The van der Waals surface area contributed by atoms with Gasteiger partial charge < -0.3 is 19.6 Å². The number of carbonyl (C=O) groups excluding carboxylic acids is 1. The van der Waals surface area contributed by atoms with Gasteiger partial charge in [-0.25, -0.2) is 0 Å². The number of nitrogens with one attached hydrogen (secondary N) is 1. The molecule has 0 fully saturated rings. The van der Waals surface area contributed by atoms with Gasteiger partial charge in [-0.3, -0.25) is 4.79 Å². The second-order valence-electron chi connectivity index (χ2n) is 5.58. The number of nitrogens with zero attached hydrogens (tertiary/aromatic N) is 1. The van der Waals surface area contributed by atoms with Crippen LogP contribution in [0.15, 0.2) is 47.6 Å². The van der Waals surface area contributed by atoms with Crippen LogP contribution in [0.4, 0.5) is 0 Å². The van der Waals surface area contributed by atoms with E-state index in [4.69, 9.17) is 25.9 Å². The molecule has 2 rings (SSSR count). The Kier molecular flexibility index (Phi) is 8.45. The van der Waals surface area contributed by atoms with Crippen LogP contribution in [0, 0.1) is 0 Å². The topological polar surface area (TPSA) is 69.2 Å². The molecule has 0 unspecified atom stereocenters. The Bertz CT molecular complexity index is 763. The third kappa shape index (κ3) is 7.19. The number of rotatable bonds is 10. The fourth-order valence-electron chi connectivity index (χ4n) is 2.28. The smallest absolute Gasteiger partial charge is 0.260 e. The van der Waals surface area contributed by atoms with Crippen LogP contribution >= 0.6 is 11.6 Å². The predicted octanol–water partition coefficient (Wildman–Crippen LogP) is 3.46. The van der Waals surface area contributed by atoms with Crippen LogP contribution < -0.4 is 14.8 Å². The SMILES string of the molecule is CCOc1ccc(/C=N\OCC(=O)NCCc2ccc(Cl)cc2)cc1OC. The molecule has 1 amide bonds. The van der Waals surface area contributed by atoms with Crippen molar-refractivity contribution in [3.05, 3.63) is 58.6 Å². The number of hydrogen-bond donors (Lipinski definition) is 1. The minimum absolute atomic E-state index is 0.148. The highest BCUT2D eigenvalue weighted by molar-refractivity contribution is 6.30. The highest BCUT2D eigenvalue weighted by Gasteiger charge is 2.04. The van der Waals surface area contributed by atoms with Crippen LogP contribution in [-0.2, 0) is 16.1 Å². The summed E-state index contributed by atoms with van der Waals surface area (Å²) in [6.45, 7) is 2.83. The lowest BCUT2D eigenvalue weighted by atomic mass is 10.1. The van der Waals surface area contributed by atoms with E-state index < -0.39 is 0 Å². The van der Waals surface area contributed by atoms with Gasteiger partial charge in [-0.2, -0.15) is 0 Å². The molecule has 0 aliphatic rings. The maximum atomic E-state index is 11.7. The molecule has 27 heavy (non-hydrogen) atoms. The van der Waals surface area contributed by atoms with Crippen LogP contribution in [0.5, 0.6) is 11.5 Å². The molecule has 1 N–H and O–H groups in total. The zero-order valence-electron chi connectivity index (χ0n) is 15.4. The summed E-state index contributed by atoms with van der Waals surface area (Å²) in [5.74, 6) is 1.05. The minimum Gasteiger partial charge on any atom is -0.493 e. The zero-order valence-corrected chi connectivity index (χ0v) is 16.2. The largest absolute Gasteiger partial charge is 0.493 e. The van der Waals surface area contributed by atoms with Gasteiger partial charge in [0.1, 0.15) is 0 Å². The third-order valence-corrected chi connectivity index (χ3v) is 3.86. The van der Waals surface area contributed by atoms with E-state index in [-0.39, 0.29) is 12.5 Å². The molecule has 0 aliphatic carbocycles. The van der Waals surface area contributed by atoms with Gasteiger partial charge in [0, 0.05) is 17.1 Å². The number of oxime groups is 1. The Morgan fingerprint density at radius 1 is 1.19 bits per heavy atom. The van der Waals surface area contributed by atoms with E-state index in [2.05, 4.69) is 10.5 Å². The summed E-state index contributed by atoms with van der Waals surface area (Å²) < 4.78 is 10.7. The Morgan fingerprint density at radius 2 is 1.96 bits per heavy atom. The van der Waals surface area contributed by atoms with Gasteiger partial charge in [0.25, 0.3) is 5.91 Å². The number of carbonyl (C=O) groups is 1. The first-order valence-corrected chi connectivity index (χ1v) is 8.97. The van der Waals surface area contributed by atoms with Crippen molar-refractivity contribution in [1.29, 1.82) is 0 Å². The molecule has 0 bridgehead atoms. The number of halogens is 1. The van der Waals surface area contributed by atoms with E-state index in [1.807, 2.05) is 37.3 Å². The van der Waals surface area contributed by atoms with Crippen molar-refractivity contribution in [3.63, 3.8) is 0 Å². The van der Waals surface area contributed by atoms with Gasteiger partial charge in [0.15, 0.2) is 18.1 Å². The maximum absolute atomic E-state index is 11.7. The molecular formula is C20H23ClN2O4. The van der Waals surface area contributed by atoms with E-state index >= 15 is 0 Å². The number of amides is 1. The lowest BCUT2D eigenvalue weighted by Gasteiger charge is -2.09. The summed E-state index contributed by atoms with van der Waals surface area (Å²) in [7, 11) is 1.57. The zero-order chi connectivity index (χ0) is 19.5. The standard InChI is InChI=1S/C20H23ClN2O4/c1-3-26-18-9-6-16(12-19(18)25-2)13-23-27-14-20(24)22-11-10-15-4-7-17(21)8-5-15/h4-9,12-13H,3,10-11,14H2,1-2H3,(H,22,24)/b23-13-. The summed E-state index contributed by atoms with van der Waals surface area (Å²) in [5.41, 5.74) is 1.88. The lowest BCUT2D eigenvalue weighted by Crippen LogP contribution is -2.28. The summed E-state index contributed by atoms with van der Waals surface area (Å²) in [6.07, 6.45) is 2.23. The molecule has 0 spiro atoms. The van der Waals surface area contributed by atoms with E-state index in [0.717, 1.165) is 17.5 Å². The molecule has 2 aromatic rings. The van der Waals surface area contributed by atoms with Gasteiger partial charge in [0.2, 0.25) is 0 Å². The van der Waals surface area contributed by atoms with Crippen molar-refractivity contribution in [3.8, 4) is 11.5 Å². The highest BCUT2D eigenvalue weighted by atomic mass is 35.5. The summed E-state index contributed by atoms with van der Waals surface area (Å²) in [4.78, 5) is 16.8. The quantitative estimate of drug-likeness (QED) is 0.498. The average molecular weight is 391 g/mol. The molecule has 0 saturated carbocycles. The fourth-order valence-corrected chi connectivity index (χ4v) is 2.41. The van der Waals surface area contributed by atoms with Crippen LogP contribution in [0.3, 0.4) is 0 Å². The number of hydrogen-bond acceptors (Lipinski definition) is 5. The Morgan fingerprint density at radius 3 is 2.67 bits per heavy atom. The van der Waals surface area contributed by atoms with Gasteiger partial charge in [-0.1, -0.05) is 28.9 Å². The summed E-state index contributed by atoms with van der Waals surface area (Å²) in [6, 6.07) is 12.9. The molecule has 6 nitrogen and oxygen atoms in total. The van der Waals surface area contributed by atoms with Crippen LogP contribution in [0.25, 0.3) is 0 Å². The van der Waals surface area contributed by atoms with Crippen LogP contribution in [-0.4, -0.2) is 39.0 Å². The van der Waals surface area contributed by atoms with Gasteiger partial charge in [0.05, 0.1) is 19.9 Å². The predicted molar refractivity (Wildman–Crippen MR) is 106 cm³/mol. The van der Waals surface area contributed by atoms with Crippen molar-refractivity contribution in [2.75, 3.05) is 26.9 Å². The van der Waals surface area contributed by atoms with Crippen LogP contribution in [0.2, 0.25) is 5.02 Å². The van der Waals surface area contributed by atoms with Gasteiger partial charge in [-0.15, -0.1) is 0 Å². The molecule has 7 heteroatoms. The van der Waals surface area contributed by atoms with Gasteiger partial charge >= 0.3 is 0 Å². The summed E-state index contributed by atoms with van der Waals surface area (Å²) in [5, 5.41) is 7.28. The van der Waals surface area contributed by atoms with E-state index in [0.29, 0.717) is 29.7 Å². The lowest BCUT2D eigenvalue weighted by molar-refractivity contribution is -0.125. The van der Waals surface area contributed by atoms with Crippen molar-refractivity contribution in [1.82, 2.24) is 5.32 Å². The molecule has 0 atom stereocenters. The first-order chi connectivity index (χ1) is 13.1. The molecular weight excluding hydrogens is 368 g/mol. The Labute approximate surface area is 164 Å². The first kappa shape index (κ1) is 20.6. The van der Waals surface area contributed by atoms with E-state index in [9.17, 15) is 4.79 Å². The second-order valence-corrected chi connectivity index (χ2v) is 6.01.